The Hall–Kier alpha value is -2.85. The third kappa shape index (κ3) is 4.31. The molecule has 0 atom stereocenters. The molecule has 0 unspecified atom stereocenters. The Balaban J connectivity index is 2.19. The lowest BCUT2D eigenvalue weighted by Gasteiger charge is -2.09. The van der Waals surface area contributed by atoms with E-state index in [4.69, 9.17) is 10.00 Å². The van der Waals surface area contributed by atoms with Crippen LogP contribution in [0.2, 0.25) is 0 Å². The van der Waals surface area contributed by atoms with Gasteiger partial charge in [-0.15, -0.1) is 0 Å². The molecule has 0 fully saturated rings. The summed E-state index contributed by atoms with van der Waals surface area (Å²) in [6.45, 7) is 1.29. The molecule has 0 aliphatic rings. The van der Waals surface area contributed by atoms with E-state index in [1.807, 2.05) is 6.07 Å². The maximum atomic E-state index is 12.3. The number of benzene rings is 2. The molecule has 0 saturated heterocycles. The quantitative estimate of drug-likeness (QED) is 0.821. The van der Waals surface area contributed by atoms with E-state index in [0.717, 1.165) is 0 Å². The molecule has 7 heteroatoms. The van der Waals surface area contributed by atoms with Crippen LogP contribution in [0, 0.1) is 11.3 Å². The van der Waals surface area contributed by atoms with E-state index in [-0.39, 0.29) is 17.3 Å². The molecule has 2 aromatic carbocycles. The van der Waals surface area contributed by atoms with Crippen LogP contribution in [0.1, 0.15) is 17.3 Å². The number of carbonyl (C=O) groups is 1. The molecule has 0 saturated carbocycles. The number of nitriles is 1. The SMILES string of the molecule is CC(=O)c1cccc(S(=O)(=O)Nc2ccc(OCC#N)cc2)c1. The number of hydrogen-bond acceptors (Lipinski definition) is 5. The summed E-state index contributed by atoms with van der Waals surface area (Å²) in [5, 5.41) is 8.43. The average molecular weight is 330 g/mol. The largest absolute Gasteiger partial charge is 0.479 e. The van der Waals surface area contributed by atoms with Gasteiger partial charge in [0.05, 0.1) is 4.90 Å². The second-order valence-corrected chi connectivity index (χ2v) is 6.34. The van der Waals surface area contributed by atoms with Crippen LogP contribution in [0.3, 0.4) is 0 Å². The van der Waals surface area contributed by atoms with Gasteiger partial charge < -0.3 is 4.74 Å². The number of hydrogen-bond donors (Lipinski definition) is 1. The highest BCUT2D eigenvalue weighted by atomic mass is 32.2. The van der Waals surface area contributed by atoms with E-state index >= 15 is 0 Å². The van der Waals surface area contributed by atoms with Crippen molar-refractivity contribution in [2.45, 2.75) is 11.8 Å². The molecule has 2 rings (SSSR count). The topological polar surface area (TPSA) is 96.3 Å². The first-order valence-corrected chi connectivity index (χ1v) is 8.14. The molecule has 0 heterocycles. The van der Waals surface area contributed by atoms with Crippen LogP contribution in [-0.2, 0) is 10.0 Å². The molecular formula is C16H14N2O4S. The maximum Gasteiger partial charge on any atom is 0.261 e. The molecule has 118 valence electrons. The van der Waals surface area contributed by atoms with Crippen LogP contribution in [-0.4, -0.2) is 20.8 Å². The highest BCUT2D eigenvalue weighted by Crippen LogP contribution is 2.20. The molecule has 0 spiro atoms. The number of ether oxygens (including phenoxy) is 1. The summed E-state index contributed by atoms with van der Waals surface area (Å²) in [5.41, 5.74) is 0.677. The molecule has 0 bridgehead atoms. The van der Waals surface area contributed by atoms with Crippen molar-refractivity contribution in [3.05, 3.63) is 54.1 Å². The van der Waals surface area contributed by atoms with Crippen molar-refractivity contribution >= 4 is 21.5 Å². The molecule has 0 aliphatic carbocycles. The molecule has 6 nitrogen and oxygen atoms in total. The Bertz CT molecular complexity index is 852. The normalized spacial score (nSPS) is 10.6. The number of sulfonamides is 1. The summed E-state index contributed by atoms with van der Waals surface area (Å²) in [6, 6.07) is 13.8. The van der Waals surface area contributed by atoms with Crippen LogP contribution < -0.4 is 9.46 Å². The lowest BCUT2D eigenvalue weighted by Crippen LogP contribution is -2.13. The van der Waals surface area contributed by atoms with Gasteiger partial charge in [-0.1, -0.05) is 12.1 Å². The van der Waals surface area contributed by atoms with Crippen LogP contribution in [0.4, 0.5) is 5.69 Å². The van der Waals surface area contributed by atoms with Gasteiger partial charge in [-0.3, -0.25) is 9.52 Å². The molecule has 1 N–H and O–H groups in total. The summed E-state index contributed by atoms with van der Waals surface area (Å²) in [4.78, 5) is 11.4. The van der Waals surface area contributed by atoms with E-state index in [0.29, 0.717) is 17.0 Å². The highest BCUT2D eigenvalue weighted by Gasteiger charge is 2.15. The minimum atomic E-state index is -3.79. The summed E-state index contributed by atoms with van der Waals surface area (Å²) in [7, 11) is -3.79. The minimum Gasteiger partial charge on any atom is -0.479 e. The average Bonchev–Trinajstić information content (AvgIpc) is 2.54. The number of anilines is 1. The van der Waals surface area contributed by atoms with Gasteiger partial charge in [0.25, 0.3) is 10.0 Å². The first-order valence-electron chi connectivity index (χ1n) is 6.66. The number of carbonyl (C=O) groups excluding carboxylic acids is 1. The van der Waals surface area contributed by atoms with Crippen molar-refractivity contribution < 1.29 is 17.9 Å². The standard InChI is InChI=1S/C16H14N2O4S/c1-12(19)13-3-2-4-16(11-13)23(20,21)18-14-5-7-15(8-6-14)22-10-9-17/h2-8,11,18H,10H2,1H3. The zero-order chi connectivity index (χ0) is 16.9. The first-order chi connectivity index (χ1) is 10.9. The van der Waals surface area contributed by atoms with Gasteiger partial charge >= 0.3 is 0 Å². The third-order valence-electron chi connectivity index (χ3n) is 2.96. The Kier molecular flexibility index (Phi) is 4.98. The maximum absolute atomic E-state index is 12.3. The fourth-order valence-corrected chi connectivity index (χ4v) is 2.94. The lowest BCUT2D eigenvalue weighted by atomic mass is 10.2. The Morgan fingerprint density at radius 2 is 1.91 bits per heavy atom. The fourth-order valence-electron chi connectivity index (χ4n) is 1.83. The van der Waals surface area contributed by atoms with Gasteiger partial charge in [0, 0.05) is 11.3 Å². The van der Waals surface area contributed by atoms with Crippen molar-refractivity contribution in [3.63, 3.8) is 0 Å². The zero-order valence-electron chi connectivity index (χ0n) is 12.3. The van der Waals surface area contributed by atoms with Crippen molar-refractivity contribution in [1.82, 2.24) is 0 Å². The summed E-state index contributed by atoms with van der Waals surface area (Å²) in [6.07, 6.45) is 0. The van der Waals surface area contributed by atoms with Gasteiger partial charge in [0.15, 0.2) is 12.4 Å². The predicted octanol–water partition coefficient (Wildman–Crippen LogP) is 2.59. The molecule has 0 aliphatic heterocycles. The van der Waals surface area contributed by atoms with Gasteiger partial charge in [-0.25, -0.2) is 8.42 Å². The number of rotatable bonds is 6. The van der Waals surface area contributed by atoms with E-state index in [9.17, 15) is 13.2 Å². The van der Waals surface area contributed by atoms with Crippen LogP contribution in [0.25, 0.3) is 0 Å². The molecule has 0 aromatic heterocycles. The smallest absolute Gasteiger partial charge is 0.261 e. The van der Waals surface area contributed by atoms with Crippen LogP contribution >= 0.6 is 0 Å². The number of Topliss-reactive ketones (excluding diaryl/α,β-unsaturated/α-hetero) is 1. The second kappa shape index (κ2) is 6.94. The fraction of sp³-hybridized carbons (Fsp3) is 0.125. The number of nitrogens with one attached hydrogen (secondary N) is 1. The second-order valence-electron chi connectivity index (χ2n) is 4.66. The molecule has 23 heavy (non-hydrogen) atoms. The number of ketones is 1. The van der Waals surface area contributed by atoms with Gasteiger partial charge in [0.1, 0.15) is 11.8 Å². The molecule has 0 amide bonds. The minimum absolute atomic E-state index is 0.00927. The van der Waals surface area contributed by atoms with Gasteiger partial charge in [-0.05, 0) is 43.3 Å². The van der Waals surface area contributed by atoms with Gasteiger partial charge in [-0.2, -0.15) is 5.26 Å². The predicted molar refractivity (Wildman–Crippen MR) is 84.8 cm³/mol. The monoisotopic (exact) mass is 330 g/mol. The Labute approximate surface area is 134 Å². The highest BCUT2D eigenvalue weighted by molar-refractivity contribution is 7.92. The van der Waals surface area contributed by atoms with Crippen LogP contribution in [0.5, 0.6) is 5.75 Å². The van der Waals surface area contributed by atoms with E-state index in [1.165, 1.54) is 37.3 Å². The van der Waals surface area contributed by atoms with Crippen LogP contribution in [0.15, 0.2) is 53.4 Å². The Morgan fingerprint density at radius 3 is 2.52 bits per heavy atom. The first kappa shape index (κ1) is 16.5. The van der Waals surface area contributed by atoms with Gasteiger partial charge in [0.2, 0.25) is 0 Å². The summed E-state index contributed by atoms with van der Waals surface area (Å²) < 4.78 is 32.2. The van der Waals surface area contributed by atoms with Crippen molar-refractivity contribution in [1.29, 1.82) is 5.26 Å². The lowest BCUT2D eigenvalue weighted by molar-refractivity contribution is 0.101. The molecule has 2 aromatic rings. The van der Waals surface area contributed by atoms with Crippen molar-refractivity contribution in [2.24, 2.45) is 0 Å². The zero-order valence-corrected chi connectivity index (χ0v) is 13.1. The van der Waals surface area contributed by atoms with E-state index < -0.39 is 10.0 Å². The number of nitrogens with zero attached hydrogens (tertiary/aromatic N) is 1. The Morgan fingerprint density at radius 1 is 1.22 bits per heavy atom. The summed E-state index contributed by atoms with van der Waals surface area (Å²) >= 11 is 0. The summed E-state index contributed by atoms with van der Waals surface area (Å²) in [5.74, 6) is 0.258. The van der Waals surface area contributed by atoms with Crippen molar-refractivity contribution in [2.75, 3.05) is 11.3 Å². The van der Waals surface area contributed by atoms with Crippen molar-refractivity contribution in [3.8, 4) is 11.8 Å². The third-order valence-corrected chi connectivity index (χ3v) is 4.34. The van der Waals surface area contributed by atoms with E-state index in [1.54, 1.807) is 18.2 Å². The molecular weight excluding hydrogens is 316 g/mol. The molecule has 0 radical (unpaired) electrons. The van der Waals surface area contributed by atoms with E-state index in [2.05, 4.69) is 4.72 Å².